The molecule has 1 rings (SSSR count). The zero-order chi connectivity index (χ0) is 12.3. The molecular weight excluding hydrogens is 224 g/mol. The molecule has 16 heavy (non-hydrogen) atoms. The van der Waals surface area contributed by atoms with Gasteiger partial charge >= 0.3 is 5.69 Å². The Bertz CT molecular complexity index is 387. The average Bonchev–Trinajstić information content (AvgIpc) is 2.26. The van der Waals surface area contributed by atoms with Gasteiger partial charge in [0.2, 0.25) is 5.75 Å². The van der Waals surface area contributed by atoms with Crippen LogP contribution in [-0.2, 0) is 6.54 Å². The third kappa shape index (κ3) is 2.22. The second-order valence-electron chi connectivity index (χ2n) is 2.81. The highest BCUT2D eigenvalue weighted by Gasteiger charge is 2.25. The van der Waals surface area contributed by atoms with Crippen LogP contribution in [0.3, 0.4) is 0 Å². The molecule has 0 fully saturated rings. The van der Waals surface area contributed by atoms with E-state index in [9.17, 15) is 18.9 Å². The fourth-order valence-electron chi connectivity index (χ4n) is 1.19. The SMILES string of the molecule is COc1cc(C(F)F)nc(CN)c1[N+](=O)[O-]. The number of pyridine rings is 1. The molecule has 0 amide bonds. The number of hydrogen-bond acceptors (Lipinski definition) is 5. The number of rotatable bonds is 4. The summed E-state index contributed by atoms with van der Waals surface area (Å²) >= 11 is 0. The topological polar surface area (TPSA) is 91.3 Å². The number of halogens is 2. The number of methoxy groups -OCH3 is 1. The van der Waals surface area contributed by atoms with Crippen LogP contribution in [0.2, 0.25) is 0 Å². The van der Waals surface area contributed by atoms with Gasteiger partial charge in [0.15, 0.2) is 0 Å². The minimum atomic E-state index is -2.83. The Kier molecular flexibility index (Phi) is 3.67. The Labute approximate surface area is 89.2 Å². The van der Waals surface area contributed by atoms with Crippen LogP contribution >= 0.6 is 0 Å². The van der Waals surface area contributed by atoms with Crippen molar-refractivity contribution in [2.24, 2.45) is 5.73 Å². The maximum Gasteiger partial charge on any atom is 0.333 e. The first-order valence-electron chi connectivity index (χ1n) is 4.21. The quantitative estimate of drug-likeness (QED) is 0.626. The lowest BCUT2D eigenvalue weighted by Crippen LogP contribution is -2.08. The van der Waals surface area contributed by atoms with Gasteiger partial charge in [-0.3, -0.25) is 10.1 Å². The molecule has 0 saturated heterocycles. The second-order valence-corrected chi connectivity index (χ2v) is 2.81. The summed E-state index contributed by atoms with van der Waals surface area (Å²) in [4.78, 5) is 13.3. The largest absolute Gasteiger partial charge is 0.490 e. The van der Waals surface area contributed by atoms with Crippen molar-refractivity contribution in [1.29, 1.82) is 0 Å². The van der Waals surface area contributed by atoms with Crippen LogP contribution < -0.4 is 10.5 Å². The number of ether oxygens (including phenoxy) is 1. The molecule has 0 spiro atoms. The van der Waals surface area contributed by atoms with Gasteiger partial charge in [-0.2, -0.15) is 0 Å². The summed E-state index contributed by atoms with van der Waals surface area (Å²) in [6.45, 7) is -0.312. The Hall–Kier alpha value is -1.83. The monoisotopic (exact) mass is 233 g/mol. The van der Waals surface area contributed by atoms with Crippen LogP contribution in [0.15, 0.2) is 6.07 Å². The summed E-state index contributed by atoms with van der Waals surface area (Å²) in [6, 6.07) is 0.835. The lowest BCUT2D eigenvalue weighted by molar-refractivity contribution is -0.386. The molecule has 1 aromatic rings. The maximum absolute atomic E-state index is 12.4. The summed E-state index contributed by atoms with van der Waals surface area (Å²) in [5, 5.41) is 10.7. The standard InChI is InChI=1S/C8H9F2N3O3/c1-16-6-2-4(8(9)10)12-5(3-11)7(6)13(14)15/h2,8H,3,11H2,1H3. The van der Waals surface area contributed by atoms with Crippen molar-refractivity contribution >= 4 is 5.69 Å². The Balaban J connectivity index is 3.43. The van der Waals surface area contributed by atoms with Gasteiger partial charge in [0.1, 0.15) is 11.4 Å². The minimum Gasteiger partial charge on any atom is -0.490 e. The van der Waals surface area contributed by atoms with Crippen molar-refractivity contribution in [3.63, 3.8) is 0 Å². The molecule has 0 unspecified atom stereocenters. The van der Waals surface area contributed by atoms with Gasteiger partial charge in [-0.1, -0.05) is 0 Å². The van der Waals surface area contributed by atoms with Crippen LogP contribution in [-0.4, -0.2) is 17.0 Å². The predicted octanol–water partition coefficient (Wildman–Crippen LogP) is 1.39. The van der Waals surface area contributed by atoms with E-state index in [2.05, 4.69) is 9.72 Å². The minimum absolute atomic E-state index is 0.223. The molecule has 2 N–H and O–H groups in total. The molecule has 0 bridgehead atoms. The highest BCUT2D eigenvalue weighted by Crippen LogP contribution is 2.32. The van der Waals surface area contributed by atoms with Gasteiger partial charge in [-0.05, 0) is 0 Å². The summed E-state index contributed by atoms with van der Waals surface area (Å²) in [5.74, 6) is -0.268. The van der Waals surface area contributed by atoms with Gasteiger partial charge in [0, 0.05) is 12.6 Å². The van der Waals surface area contributed by atoms with E-state index < -0.39 is 22.7 Å². The molecule has 6 nitrogen and oxygen atoms in total. The number of aromatic nitrogens is 1. The van der Waals surface area contributed by atoms with Gasteiger partial charge in [0.05, 0.1) is 12.0 Å². The summed E-state index contributed by atoms with van der Waals surface area (Å²) in [6.07, 6.45) is -2.83. The number of alkyl halides is 2. The normalized spacial score (nSPS) is 10.6. The zero-order valence-electron chi connectivity index (χ0n) is 8.31. The van der Waals surface area contributed by atoms with E-state index in [0.29, 0.717) is 0 Å². The molecule has 1 aromatic heterocycles. The van der Waals surface area contributed by atoms with Crippen LogP contribution in [0.5, 0.6) is 5.75 Å². The zero-order valence-corrected chi connectivity index (χ0v) is 8.31. The lowest BCUT2D eigenvalue weighted by atomic mass is 10.2. The first-order valence-corrected chi connectivity index (χ1v) is 4.21. The van der Waals surface area contributed by atoms with Gasteiger partial charge in [-0.15, -0.1) is 0 Å². The molecule has 0 aliphatic heterocycles. The number of nitrogens with two attached hydrogens (primary N) is 1. The highest BCUT2D eigenvalue weighted by molar-refractivity contribution is 5.51. The van der Waals surface area contributed by atoms with Crippen molar-refractivity contribution < 1.29 is 18.4 Å². The molecule has 0 radical (unpaired) electrons. The smallest absolute Gasteiger partial charge is 0.333 e. The van der Waals surface area contributed by atoms with E-state index in [1.165, 1.54) is 0 Å². The van der Waals surface area contributed by atoms with Crippen LogP contribution in [0.25, 0.3) is 0 Å². The van der Waals surface area contributed by atoms with E-state index in [4.69, 9.17) is 5.73 Å². The first kappa shape index (κ1) is 12.2. The van der Waals surface area contributed by atoms with Crippen molar-refractivity contribution in [3.05, 3.63) is 27.6 Å². The number of hydrogen-bond donors (Lipinski definition) is 1. The van der Waals surface area contributed by atoms with E-state index in [-0.39, 0.29) is 18.0 Å². The first-order chi connectivity index (χ1) is 7.51. The fraction of sp³-hybridized carbons (Fsp3) is 0.375. The third-order valence-corrected chi connectivity index (χ3v) is 1.87. The lowest BCUT2D eigenvalue weighted by Gasteiger charge is -2.07. The summed E-state index contributed by atoms with van der Waals surface area (Å²) in [7, 11) is 1.15. The van der Waals surface area contributed by atoms with Crippen molar-refractivity contribution in [3.8, 4) is 5.75 Å². The predicted molar refractivity (Wildman–Crippen MR) is 50.3 cm³/mol. The highest BCUT2D eigenvalue weighted by atomic mass is 19.3. The average molecular weight is 233 g/mol. The molecule has 0 aliphatic carbocycles. The molecule has 1 heterocycles. The van der Waals surface area contributed by atoms with Crippen LogP contribution in [0.4, 0.5) is 14.5 Å². The number of nitrogens with zero attached hydrogens (tertiary/aromatic N) is 2. The van der Waals surface area contributed by atoms with Gasteiger partial charge in [-0.25, -0.2) is 13.8 Å². The van der Waals surface area contributed by atoms with Crippen LogP contribution in [0.1, 0.15) is 17.8 Å². The van der Waals surface area contributed by atoms with E-state index >= 15 is 0 Å². The molecular formula is C8H9F2N3O3. The van der Waals surface area contributed by atoms with E-state index in [0.717, 1.165) is 13.2 Å². The second kappa shape index (κ2) is 4.79. The summed E-state index contributed by atoms with van der Waals surface area (Å²) < 4.78 is 29.5. The van der Waals surface area contributed by atoms with Gasteiger partial charge < -0.3 is 10.5 Å². The Morgan fingerprint density at radius 3 is 2.69 bits per heavy atom. The molecule has 8 heteroatoms. The van der Waals surface area contributed by atoms with E-state index in [1.54, 1.807) is 0 Å². The number of nitro groups is 1. The molecule has 0 aromatic carbocycles. The van der Waals surface area contributed by atoms with Crippen molar-refractivity contribution in [2.75, 3.05) is 7.11 Å². The molecule has 0 atom stereocenters. The Morgan fingerprint density at radius 1 is 1.69 bits per heavy atom. The third-order valence-electron chi connectivity index (χ3n) is 1.87. The fourth-order valence-corrected chi connectivity index (χ4v) is 1.19. The van der Waals surface area contributed by atoms with Crippen molar-refractivity contribution in [2.45, 2.75) is 13.0 Å². The molecule has 0 saturated carbocycles. The van der Waals surface area contributed by atoms with E-state index in [1.807, 2.05) is 0 Å². The summed E-state index contributed by atoms with van der Waals surface area (Å²) in [5.41, 5.74) is 3.92. The van der Waals surface area contributed by atoms with Gasteiger partial charge in [0.25, 0.3) is 6.43 Å². The van der Waals surface area contributed by atoms with Crippen molar-refractivity contribution in [1.82, 2.24) is 4.98 Å². The Morgan fingerprint density at radius 2 is 2.31 bits per heavy atom. The molecule has 88 valence electrons. The molecule has 0 aliphatic rings. The maximum atomic E-state index is 12.4. The van der Waals surface area contributed by atoms with Crippen LogP contribution in [0, 0.1) is 10.1 Å².